The van der Waals surface area contributed by atoms with E-state index in [1.165, 1.54) is 12.0 Å². The molecule has 5 nitrogen and oxygen atoms in total. The highest BCUT2D eigenvalue weighted by atomic mass is 127. The normalized spacial score (nSPS) is 16.0. The predicted octanol–water partition coefficient (Wildman–Crippen LogP) is 2.99. The lowest BCUT2D eigenvalue weighted by atomic mass is 10.2. The highest BCUT2D eigenvalue weighted by Gasteiger charge is 2.34. The predicted molar refractivity (Wildman–Crippen MR) is 98.0 cm³/mol. The maximum absolute atomic E-state index is 12.2. The van der Waals surface area contributed by atoms with Gasteiger partial charge in [-0.25, -0.2) is 0 Å². The molecule has 1 aromatic rings. The number of terminal acetylenes is 1. The molecule has 23 heavy (non-hydrogen) atoms. The number of halogens is 1. The minimum atomic E-state index is -0.292. The van der Waals surface area contributed by atoms with Crippen molar-refractivity contribution in [3.63, 3.8) is 0 Å². The maximum atomic E-state index is 12.2. The summed E-state index contributed by atoms with van der Waals surface area (Å²) in [5.41, 5.74) is 0.819. The number of nitrogens with zero attached hydrogens (tertiary/aromatic N) is 1. The number of benzene rings is 1. The van der Waals surface area contributed by atoms with Gasteiger partial charge in [-0.1, -0.05) is 12.0 Å². The van der Waals surface area contributed by atoms with Crippen molar-refractivity contribution in [2.45, 2.75) is 0 Å². The fourth-order valence-electron chi connectivity index (χ4n) is 1.87. The average Bonchev–Trinajstić information content (AvgIpc) is 2.78. The number of amides is 2. The second kappa shape index (κ2) is 8.38. The summed E-state index contributed by atoms with van der Waals surface area (Å²) in [5, 5.41) is -0.276. The molecule has 0 radical (unpaired) electrons. The van der Waals surface area contributed by atoms with Crippen molar-refractivity contribution in [2.24, 2.45) is 0 Å². The van der Waals surface area contributed by atoms with Crippen LogP contribution in [0.4, 0.5) is 4.79 Å². The van der Waals surface area contributed by atoms with Gasteiger partial charge in [0.1, 0.15) is 12.4 Å². The Bertz CT molecular complexity index is 696. The standard InChI is InChI=1S/C16H14INO4S/c1-3-7-22-13-5-4-11(9-12(13)17)10-14-15(19)18(6-8-21-2)16(20)23-14/h1,4-5,9-10H,6-8H2,2H3/b14-10+. The first kappa shape index (κ1) is 17.8. The molecule has 2 amide bonds. The van der Waals surface area contributed by atoms with Crippen LogP contribution in [0.2, 0.25) is 0 Å². The Balaban J connectivity index is 2.16. The molecule has 1 aromatic carbocycles. The number of methoxy groups -OCH3 is 1. The molecule has 1 aliphatic heterocycles. The van der Waals surface area contributed by atoms with Crippen molar-refractivity contribution in [1.29, 1.82) is 0 Å². The number of thioether (sulfide) groups is 1. The van der Waals surface area contributed by atoms with Crippen LogP contribution in [0.5, 0.6) is 5.75 Å². The summed E-state index contributed by atoms with van der Waals surface area (Å²) >= 11 is 3.07. The maximum Gasteiger partial charge on any atom is 0.293 e. The van der Waals surface area contributed by atoms with Gasteiger partial charge in [-0.05, 0) is 58.1 Å². The summed E-state index contributed by atoms with van der Waals surface area (Å²) in [6, 6.07) is 5.48. The highest BCUT2D eigenvalue weighted by Crippen LogP contribution is 2.33. The van der Waals surface area contributed by atoms with Crippen LogP contribution in [0.15, 0.2) is 23.1 Å². The first-order valence-corrected chi connectivity index (χ1v) is 8.56. The molecular formula is C16H14INO4S. The largest absolute Gasteiger partial charge is 0.480 e. The topological polar surface area (TPSA) is 55.8 Å². The molecule has 0 atom stereocenters. The van der Waals surface area contributed by atoms with Crippen molar-refractivity contribution in [1.82, 2.24) is 4.90 Å². The molecule has 1 fully saturated rings. The van der Waals surface area contributed by atoms with Gasteiger partial charge in [-0.2, -0.15) is 0 Å². The Labute approximate surface area is 152 Å². The molecule has 0 bridgehead atoms. The zero-order valence-electron chi connectivity index (χ0n) is 12.4. The van der Waals surface area contributed by atoms with E-state index in [1.54, 1.807) is 12.1 Å². The van der Waals surface area contributed by atoms with Gasteiger partial charge < -0.3 is 9.47 Å². The van der Waals surface area contributed by atoms with Crippen LogP contribution in [0.3, 0.4) is 0 Å². The van der Waals surface area contributed by atoms with Gasteiger partial charge >= 0.3 is 0 Å². The van der Waals surface area contributed by atoms with E-state index in [0.717, 1.165) is 20.9 Å². The number of carbonyl (C=O) groups is 2. The molecule has 0 aromatic heterocycles. The van der Waals surface area contributed by atoms with E-state index in [-0.39, 0.29) is 24.3 Å². The van der Waals surface area contributed by atoms with Crippen LogP contribution in [0.25, 0.3) is 6.08 Å². The van der Waals surface area contributed by atoms with Gasteiger partial charge in [0.2, 0.25) is 0 Å². The lowest BCUT2D eigenvalue weighted by Crippen LogP contribution is -2.31. The zero-order valence-corrected chi connectivity index (χ0v) is 15.3. The first-order chi connectivity index (χ1) is 11.1. The van der Waals surface area contributed by atoms with Gasteiger partial charge in [-0.15, -0.1) is 6.42 Å². The molecule has 0 unspecified atom stereocenters. The summed E-state index contributed by atoms with van der Waals surface area (Å²) < 4.78 is 11.2. The molecule has 1 heterocycles. The van der Waals surface area contributed by atoms with Gasteiger partial charge in [0.15, 0.2) is 0 Å². The lowest BCUT2D eigenvalue weighted by molar-refractivity contribution is -0.123. The second-order valence-electron chi connectivity index (χ2n) is 4.51. The van der Waals surface area contributed by atoms with Crippen LogP contribution in [0, 0.1) is 15.9 Å². The van der Waals surface area contributed by atoms with Crippen LogP contribution >= 0.6 is 34.4 Å². The van der Waals surface area contributed by atoms with Crippen LogP contribution in [0.1, 0.15) is 5.56 Å². The van der Waals surface area contributed by atoms with E-state index >= 15 is 0 Å². The van der Waals surface area contributed by atoms with Crippen molar-refractivity contribution in [2.75, 3.05) is 26.9 Å². The third-order valence-corrected chi connectivity index (χ3v) is 4.71. The quantitative estimate of drug-likeness (QED) is 0.385. The molecular weight excluding hydrogens is 429 g/mol. The number of hydrogen-bond acceptors (Lipinski definition) is 5. The van der Waals surface area contributed by atoms with E-state index in [1.807, 2.05) is 12.1 Å². The van der Waals surface area contributed by atoms with Crippen molar-refractivity contribution in [3.05, 3.63) is 32.2 Å². The number of ether oxygens (including phenoxy) is 2. The van der Waals surface area contributed by atoms with Crippen LogP contribution in [-0.2, 0) is 9.53 Å². The summed E-state index contributed by atoms with van der Waals surface area (Å²) in [6.45, 7) is 0.785. The Kier molecular flexibility index (Phi) is 6.50. The van der Waals surface area contributed by atoms with Crippen molar-refractivity contribution in [3.8, 4) is 18.1 Å². The first-order valence-electron chi connectivity index (χ1n) is 6.67. The Hall–Kier alpha value is -1.50. The Morgan fingerprint density at radius 1 is 1.43 bits per heavy atom. The van der Waals surface area contributed by atoms with E-state index in [0.29, 0.717) is 17.3 Å². The van der Waals surface area contributed by atoms with Gasteiger partial charge in [0.25, 0.3) is 11.1 Å². The van der Waals surface area contributed by atoms with E-state index in [4.69, 9.17) is 15.9 Å². The monoisotopic (exact) mass is 443 g/mol. The van der Waals surface area contributed by atoms with E-state index in [9.17, 15) is 9.59 Å². The van der Waals surface area contributed by atoms with Crippen molar-refractivity contribution < 1.29 is 19.1 Å². The average molecular weight is 443 g/mol. The number of rotatable bonds is 6. The molecule has 0 aliphatic carbocycles. The molecule has 120 valence electrons. The Morgan fingerprint density at radius 3 is 2.87 bits per heavy atom. The molecule has 0 N–H and O–H groups in total. The van der Waals surface area contributed by atoms with Gasteiger partial charge in [-0.3, -0.25) is 14.5 Å². The van der Waals surface area contributed by atoms with E-state index < -0.39 is 0 Å². The Morgan fingerprint density at radius 2 is 2.22 bits per heavy atom. The highest BCUT2D eigenvalue weighted by molar-refractivity contribution is 14.1. The molecule has 1 saturated heterocycles. The molecule has 0 saturated carbocycles. The van der Waals surface area contributed by atoms with Crippen molar-refractivity contribution >= 4 is 51.6 Å². The van der Waals surface area contributed by atoms with Gasteiger partial charge in [0, 0.05) is 7.11 Å². The lowest BCUT2D eigenvalue weighted by Gasteiger charge is -2.10. The number of carbonyl (C=O) groups excluding carboxylic acids is 2. The summed E-state index contributed by atoms with van der Waals surface area (Å²) in [7, 11) is 1.53. The number of imide groups is 1. The molecule has 7 heteroatoms. The molecule has 1 aliphatic rings. The zero-order chi connectivity index (χ0) is 16.8. The summed E-state index contributed by atoms with van der Waals surface area (Å²) in [4.78, 5) is 25.7. The molecule has 2 rings (SSSR count). The summed E-state index contributed by atoms with van der Waals surface area (Å²) in [6.07, 6.45) is 6.87. The fourth-order valence-corrected chi connectivity index (χ4v) is 3.43. The SMILES string of the molecule is C#CCOc1ccc(/C=C2/SC(=O)N(CCOC)C2=O)cc1I. The second-order valence-corrected chi connectivity index (χ2v) is 6.66. The van der Waals surface area contributed by atoms with Crippen LogP contribution in [-0.4, -0.2) is 42.9 Å². The number of hydrogen-bond donors (Lipinski definition) is 0. The molecule has 0 spiro atoms. The van der Waals surface area contributed by atoms with Gasteiger partial charge in [0.05, 0.1) is 21.6 Å². The van der Waals surface area contributed by atoms with Crippen LogP contribution < -0.4 is 4.74 Å². The third-order valence-electron chi connectivity index (χ3n) is 2.96. The third kappa shape index (κ3) is 4.50. The summed E-state index contributed by atoms with van der Waals surface area (Å²) in [5.74, 6) is 2.81. The minimum Gasteiger partial charge on any atom is -0.480 e. The minimum absolute atomic E-state index is 0.202. The smallest absolute Gasteiger partial charge is 0.293 e. The fraction of sp³-hybridized carbons (Fsp3) is 0.250. The van der Waals surface area contributed by atoms with E-state index in [2.05, 4.69) is 28.5 Å².